The first-order valence-corrected chi connectivity index (χ1v) is 12.5. The van der Waals surface area contributed by atoms with E-state index in [1.165, 1.54) is 17.3 Å². The van der Waals surface area contributed by atoms with Gasteiger partial charge in [-0.3, -0.25) is 13.9 Å². The Bertz CT molecular complexity index is 1100. The van der Waals surface area contributed by atoms with Gasteiger partial charge < -0.3 is 10.3 Å². The molecule has 168 valence electrons. The number of carbonyl (C=O) groups excluding carboxylic acids is 1. The maximum Gasteiger partial charge on any atom is 0.291 e. The van der Waals surface area contributed by atoms with E-state index in [-0.39, 0.29) is 22.8 Å². The van der Waals surface area contributed by atoms with E-state index >= 15 is 0 Å². The van der Waals surface area contributed by atoms with Crippen molar-refractivity contribution in [3.05, 3.63) is 53.1 Å². The van der Waals surface area contributed by atoms with Gasteiger partial charge in [-0.25, -0.2) is 4.98 Å². The van der Waals surface area contributed by atoms with Crippen LogP contribution >= 0.6 is 0 Å². The van der Waals surface area contributed by atoms with Crippen molar-refractivity contribution in [2.75, 3.05) is 29.9 Å². The molecule has 0 saturated carbocycles. The first kappa shape index (κ1) is 22.4. The number of nitriles is 1. The monoisotopic (exact) mass is 451 g/mol. The van der Waals surface area contributed by atoms with Gasteiger partial charge in [0.05, 0.1) is 6.20 Å². The van der Waals surface area contributed by atoms with Gasteiger partial charge in [-0.1, -0.05) is 26.0 Å². The number of anilines is 1. The van der Waals surface area contributed by atoms with Gasteiger partial charge in [0.25, 0.3) is 5.91 Å². The van der Waals surface area contributed by atoms with Crippen molar-refractivity contribution in [3.63, 3.8) is 0 Å². The third-order valence-electron chi connectivity index (χ3n) is 6.24. The fraction of sp³-hybridized carbons (Fsp3) is 0.458. The molecule has 7 nitrogen and oxygen atoms in total. The summed E-state index contributed by atoms with van der Waals surface area (Å²) in [5.74, 6) is 1.22. The third kappa shape index (κ3) is 5.34. The molecule has 2 N–H and O–H groups in total. The van der Waals surface area contributed by atoms with Gasteiger partial charge >= 0.3 is 0 Å². The molecule has 1 aromatic carbocycles. The Kier molecular flexibility index (Phi) is 6.58. The van der Waals surface area contributed by atoms with Crippen molar-refractivity contribution in [1.29, 1.82) is 5.26 Å². The molecule has 0 unspecified atom stereocenters. The molecule has 1 saturated heterocycles. The van der Waals surface area contributed by atoms with Crippen LogP contribution in [0.3, 0.4) is 0 Å². The van der Waals surface area contributed by atoms with Crippen molar-refractivity contribution in [2.45, 2.75) is 39.7 Å². The lowest BCUT2D eigenvalue weighted by Crippen LogP contribution is -2.37. The van der Waals surface area contributed by atoms with Crippen LogP contribution in [0.15, 0.2) is 30.5 Å². The quantitative estimate of drug-likeness (QED) is 0.722. The second-order valence-electron chi connectivity index (χ2n) is 9.31. The Morgan fingerprint density at radius 3 is 2.78 bits per heavy atom. The van der Waals surface area contributed by atoms with Crippen molar-refractivity contribution in [1.82, 2.24) is 14.9 Å². The molecule has 2 heterocycles. The second-order valence-corrected chi connectivity index (χ2v) is 11.0. The van der Waals surface area contributed by atoms with E-state index in [4.69, 9.17) is 5.26 Å². The predicted octanol–water partition coefficient (Wildman–Crippen LogP) is 3.69. The number of carbonyl (C=O) groups is 1. The Morgan fingerprint density at radius 1 is 1.34 bits per heavy atom. The van der Waals surface area contributed by atoms with E-state index in [0.29, 0.717) is 0 Å². The highest BCUT2D eigenvalue weighted by Crippen LogP contribution is 2.40. The van der Waals surface area contributed by atoms with E-state index in [2.05, 4.69) is 46.2 Å². The lowest BCUT2D eigenvalue weighted by molar-refractivity contribution is 0.101. The van der Waals surface area contributed by atoms with Crippen molar-refractivity contribution < 1.29 is 9.00 Å². The zero-order valence-electron chi connectivity index (χ0n) is 18.6. The summed E-state index contributed by atoms with van der Waals surface area (Å²) in [5, 5.41) is 12.0. The van der Waals surface area contributed by atoms with Crippen LogP contribution < -0.4 is 5.32 Å². The average Bonchev–Trinajstić information content (AvgIpc) is 3.26. The number of hydrogen-bond acceptors (Lipinski definition) is 5. The van der Waals surface area contributed by atoms with Crippen molar-refractivity contribution in [3.8, 4) is 6.07 Å². The third-order valence-corrected chi connectivity index (χ3v) is 7.51. The maximum atomic E-state index is 12.7. The predicted molar refractivity (Wildman–Crippen MR) is 126 cm³/mol. The summed E-state index contributed by atoms with van der Waals surface area (Å²) >= 11 is 0. The summed E-state index contributed by atoms with van der Waals surface area (Å²) < 4.78 is 11.7. The molecule has 0 radical (unpaired) electrons. The van der Waals surface area contributed by atoms with Crippen LogP contribution in [0, 0.1) is 16.7 Å². The standard InChI is InChI=1S/C24H29N5O2S/c1-24(2)7-5-18(6-8-24)20-13-17(16-29-9-11-32(31)12-10-29)3-4-21(20)28-23(30)22-26-15-19(14-25)27-22/h3-5,13,15H,6-12,16H2,1-2H3,(H,26,27)(H,28,30). The summed E-state index contributed by atoms with van der Waals surface area (Å²) in [4.78, 5) is 21.8. The molecule has 1 aliphatic heterocycles. The van der Waals surface area contributed by atoms with Gasteiger partial charge in [-0.15, -0.1) is 0 Å². The van der Waals surface area contributed by atoms with E-state index in [1.54, 1.807) is 0 Å². The fourth-order valence-corrected chi connectivity index (χ4v) is 5.28. The first-order chi connectivity index (χ1) is 15.3. The number of nitrogens with zero attached hydrogens (tertiary/aromatic N) is 3. The molecule has 32 heavy (non-hydrogen) atoms. The Morgan fingerprint density at radius 2 is 2.12 bits per heavy atom. The number of hydrogen-bond donors (Lipinski definition) is 2. The second kappa shape index (κ2) is 9.39. The summed E-state index contributed by atoms with van der Waals surface area (Å²) in [5.41, 5.74) is 4.76. The number of imidazole rings is 1. The minimum Gasteiger partial charge on any atom is -0.326 e. The van der Waals surface area contributed by atoms with E-state index in [0.717, 1.165) is 61.7 Å². The number of amides is 1. The number of nitrogens with one attached hydrogen (secondary N) is 2. The first-order valence-electron chi connectivity index (χ1n) is 11.0. The molecular formula is C24H29N5O2S. The SMILES string of the molecule is CC1(C)CC=C(c2cc(CN3CCS(=O)CC3)ccc2NC(=O)c2ncc(C#N)[nH]2)CC1. The zero-order chi connectivity index (χ0) is 22.7. The van der Waals surface area contributed by atoms with Crippen molar-refractivity contribution >= 4 is 28.0 Å². The van der Waals surface area contributed by atoms with Crippen LogP contribution in [0.4, 0.5) is 5.69 Å². The Balaban J connectivity index is 1.59. The molecule has 1 aromatic heterocycles. The molecule has 0 atom stereocenters. The van der Waals surface area contributed by atoms with Crippen LogP contribution in [-0.4, -0.2) is 49.6 Å². The van der Waals surface area contributed by atoms with Gasteiger partial charge in [0, 0.05) is 53.2 Å². The molecular weight excluding hydrogens is 422 g/mol. The molecule has 1 amide bonds. The number of aromatic nitrogens is 2. The number of aromatic amines is 1. The molecule has 4 rings (SSSR count). The van der Waals surface area contributed by atoms with E-state index in [1.807, 2.05) is 18.2 Å². The highest BCUT2D eigenvalue weighted by molar-refractivity contribution is 7.85. The van der Waals surface area contributed by atoms with E-state index < -0.39 is 10.8 Å². The van der Waals surface area contributed by atoms with E-state index in [9.17, 15) is 9.00 Å². The maximum absolute atomic E-state index is 12.7. The molecule has 1 fully saturated rings. The van der Waals surface area contributed by atoms with Crippen LogP contribution in [0.2, 0.25) is 0 Å². The van der Waals surface area contributed by atoms with Crippen LogP contribution in [-0.2, 0) is 17.3 Å². The highest BCUT2D eigenvalue weighted by Gasteiger charge is 2.24. The van der Waals surface area contributed by atoms with Gasteiger partial charge in [0.1, 0.15) is 11.8 Å². The van der Waals surface area contributed by atoms with Gasteiger partial charge in [-0.2, -0.15) is 5.26 Å². The van der Waals surface area contributed by atoms with Gasteiger partial charge in [0.15, 0.2) is 5.82 Å². The smallest absolute Gasteiger partial charge is 0.291 e. The summed E-state index contributed by atoms with van der Waals surface area (Å²) in [6.07, 6.45) is 6.71. The highest BCUT2D eigenvalue weighted by atomic mass is 32.2. The number of rotatable bonds is 5. The summed E-state index contributed by atoms with van der Waals surface area (Å²) in [6, 6.07) is 8.13. The zero-order valence-corrected chi connectivity index (χ0v) is 19.4. The van der Waals surface area contributed by atoms with Crippen LogP contribution in [0.25, 0.3) is 5.57 Å². The lowest BCUT2D eigenvalue weighted by Gasteiger charge is -2.30. The summed E-state index contributed by atoms with van der Waals surface area (Å²) in [7, 11) is -0.690. The number of benzene rings is 1. The molecule has 2 aliphatic rings. The number of H-pyrrole nitrogens is 1. The summed E-state index contributed by atoms with van der Waals surface area (Å²) in [6.45, 7) is 7.06. The normalized spacial score (nSPS) is 19.2. The number of allylic oxidation sites excluding steroid dienone is 2. The molecule has 0 spiro atoms. The Labute approximate surface area is 191 Å². The Hall–Kier alpha value is -2.76. The average molecular weight is 452 g/mol. The fourth-order valence-electron chi connectivity index (χ4n) is 4.15. The van der Waals surface area contributed by atoms with Gasteiger partial charge in [-0.05, 0) is 47.9 Å². The van der Waals surface area contributed by atoms with Gasteiger partial charge in [0.2, 0.25) is 0 Å². The minimum atomic E-state index is -0.690. The largest absolute Gasteiger partial charge is 0.326 e. The molecule has 0 bridgehead atoms. The molecule has 8 heteroatoms. The lowest BCUT2D eigenvalue weighted by atomic mass is 9.76. The topological polar surface area (TPSA) is 102 Å². The van der Waals surface area contributed by atoms with Crippen LogP contribution in [0.1, 0.15) is 60.5 Å². The molecule has 1 aliphatic carbocycles. The minimum absolute atomic E-state index is 0.122. The van der Waals surface area contributed by atoms with Crippen molar-refractivity contribution in [2.24, 2.45) is 5.41 Å². The molecule has 2 aromatic rings. The van der Waals surface area contributed by atoms with Crippen LogP contribution in [0.5, 0.6) is 0 Å².